The highest BCUT2D eigenvalue weighted by Gasteiger charge is 2.34. The van der Waals surface area contributed by atoms with Crippen molar-refractivity contribution < 1.29 is 0 Å². The molecular formula is C17H19NS. The van der Waals surface area contributed by atoms with Gasteiger partial charge in [-0.2, -0.15) is 0 Å². The molecule has 2 aromatic carbocycles. The molecule has 0 saturated carbocycles. The molecule has 3 rings (SSSR count). The van der Waals surface area contributed by atoms with Crippen LogP contribution in [0.1, 0.15) is 37.8 Å². The van der Waals surface area contributed by atoms with Crippen molar-refractivity contribution in [2.24, 2.45) is 4.99 Å². The lowest BCUT2D eigenvalue weighted by Gasteiger charge is -2.35. The SMILES string of the molecule is CSC1=NC(C)(C)C(C)c2ccc3ccccc3c21. The molecule has 0 saturated heterocycles. The number of rotatable bonds is 0. The molecule has 0 fully saturated rings. The minimum Gasteiger partial charge on any atom is -0.271 e. The summed E-state index contributed by atoms with van der Waals surface area (Å²) in [4.78, 5) is 4.98. The summed E-state index contributed by atoms with van der Waals surface area (Å²) in [6.45, 7) is 6.74. The highest BCUT2D eigenvalue weighted by Crippen LogP contribution is 2.41. The summed E-state index contributed by atoms with van der Waals surface area (Å²) in [6, 6.07) is 13.1. The van der Waals surface area contributed by atoms with E-state index in [-0.39, 0.29) is 5.54 Å². The number of fused-ring (bicyclic) bond motifs is 3. The molecule has 98 valence electrons. The summed E-state index contributed by atoms with van der Waals surface area (Å²) in [7, 11) is 0. The molecule has 1 aliphatic heterocycles. The van der Waals surface area contributed by atoms with Crippen LogP contribution in [0.4, 0.5) is 0 Å². The maximum atomic E-state index is 4.98. The molecule has 0 bridgehead atoms. The van der Waals surface area contributed by atoms with Crippen LogP contribution >= 0.6 is 11.8 Å². The molecule has 2 aromatic rings. The smallest absolute Gasteiger partial charge is 0.0990 e. The van der Waals surface area contributed by atoms with Crippen LogP contribution in [0.15, 0.2) is 41.4 Å². The zero-order valence-corrected chi connectivity index (χ0v) is 12.7. The maximum absolute atomic E-state index is 4.98. The van der Waals surface area contributed by atoms with Crippen LogP contribution in [0, 0.1) is 0 Å². The molecule has 0 spiro atoms. The van der Waals surface area contributed by atoms with Crippen LogP contribution < -0.4 is 0 Å². The second kappa shape index (κ2) is 4.38. The molecule has 0 aromatic heterocycles. The average molecular weight is 269 g/mol. The second-order valence-electron chi connectivity index (χ2n) is 5.75. The first-order chi connectivity index (χ1) is 9.04. The summed E-state index contributed by atoms with van der Waals surface area (Å²) in [5.41, 5.74) is 2.76. The van der Waals surface area contributed by atoms with E-state index < -0.39 is 0 Å². The molecule has 1 atom stereocenters. The third kappa shape index (κ3) is 1.90. The van der Waals surface area contributed by atoms with Gasteiger partial charge >= 0.3 is 0 Å². The zero-order chi connectivity index (χ0) is 13.6. The van der Waals surface area contributed by atoms with Crippen molar-refractivity contribution in [3.05, 3.63) is 47.5 Å². The van der Waals surface area contributed by atoms with Gasteiger partial charge in [0.05, 0.1) is 10.6 Å². The predicted molar refractivity (Wildman–Crippen MR) is 86.5 cm³/mol. The largest absolute Gasteiger partial charge is 0.271 e. The fraction of sp³-hybridized carbons (Fsp3) is 0.353. The van der Waals surface area contributed by atoms with Crippen LogP contribution in [0.2, 0.25) is 0 Å². The van der Waals surface area contributed by atoms with Gasteiger partial charge in [0.25, 0.3) is 0 Å². The Labute approximate surface area is 119 Å². The normalized spacial score (nSPS) is 21.1. The van der Waals surface area contributed by atoms with Crippen molar-refractivity contribution in [1.82, 2.24) is 0 Å². The molecule has 0 radical (unpaired) electrons. The van der Waals surface area contributed by atoms with Gasteiger partial charge in [-0.1, -0.05) is 43.3 Å². The molecule has 1 heterocycles. The molecular weight excluding hydrogens is 250 g/mol. The molecule has 0 N–H and O–H groups in total. The standard InChI is InChI=1S/C17H19NS/c1-11-13-10-9-12-7-5-6-8-14(12)15(13)16(19-4)18-17(11,2)3/h5-11H,1-4H3. The van der Waals surface area contributed by atoms with E-state index in [1.165, 1.54) is 26.9 Å². The summed E-state index contributed by atoms with van der Waals surface area (Å²) >= 11 is 1.76. The lowest BCUT2D eigenvalue weighted by molar-refractivity contribution is 0.434. The van der Waals surface area contributed by atoms with Crippen LogP contribution in [-0.2, 0) is 0 Å². The molecule has 1 aliphatic rings. The van der Waals surface area contributed by atoms with Gasteiger partial charge in [-0.05, 0) is 36.4 Å². The van der Waals surface area contributed by atoms with Gasteiger partial charge in [0.15, 0.2) is 0 Å². The molecule has 0 aliphatic carbocycles. The van der Waals surface area contributed by atoms with E-state index in [9.17, 15) is 0 Å². The third-order valence-electron chi connectivity index (χ3n) is 4.28. The minimum atomic E-state index is -0.0200. The van der Waals surface area contributed by atoms with Gasteiger partial charge in [0.2, 0.25) is 0 Å². The Morgan fingerprint density at radius 1 is 1.11 bits per heavy atom. The lowest BCUT2D eigenvalue weighted by atomic mass is 9.78. The van der Waals surface area contributed by atoms with E-state index in [4.69, 9.17) is 4.99 Å². The van der Waals surface area contributed by atoms with Gasteiger partial charge in [0, 0.05) is 11.5 Å². The van der Waals surface area contributed by atoms with Crippen LogP contribution in [0.25, 0.3) is 10.8 Å². The van der Waals surface area contributed by atoms with Crippen molar-refractivity contribution >= 4 is 27.6 Å². The zero-order valence-electron chi connectivity index (χ0n) is 11.9. The Balaban J connectivity index is 2.38. The van der Waals surface area contributed by atoms with Gasteiger partial charge < -0.3 is 0 Å². The number of nitrogens with zero attached hydrogens (tertiary/aromatic N) is 1. The van der Waals surface area contributed by atoms with Crippen molar-refractivity contribution in [1.29, 1.82) is 0 Å². The number of aliphatic imine (C=N–C) groups is 1. The Bertz CT molecular complexity index is 670. The van der Waals surface area contributed by atoms with Gasteiger partial charge in [-0.25, -0.2) is 0 Å². The number of benzene rings is 2. The van der Waals surface area contributed by atoms with E-state index in [1.807, 2.05) is 0 Å². The summed E-state index contributed by atoms with van der Waals surface area (Å²) in [5.74, 6) is 0.447. The average Bonchev–Trinajstić information content (AvgIpc) is 2.42. The molecule has 0 amide bonds. The van der Waals surface area contributed by atoms with E-state index in [1.54, 1.807) is 11.8 Å². The van der Waals surface area contributed by atoms with Crippen molar-refractivity contribution in [3.8, 4) is 0 Å². The Hall–Kier alpha value is -1.28. The summed E-state index contributed by atoms with van der Waals surface area (Å²) < 4.78 is 0. The Morgan fingerprint density at radius 2 is 1.84 bits per heavy atom. The van der Waals surface area contributed by atoms with E-state index in [0.717, 1.165) is 0 Å². The van der Waals surface area contributed by atoms with E-state index >= 15 is 0 Å². The minimum absolute atomic E-state index is 0.0200. The monoisotopic (exact) mass is 269 g/mol. The quantitative estimate of drug-likeness (QED) is 0.666. The molecule has 1 unspecified atom stereocenters. The van der Waals surface area contributed by atoms with Crippen molar-refractivity contribution in [2.75, 3.05) is 6.26 Å². The topological polar surface area (TPSA) is 12.4 Å². The first-order valence-corrected chi connectivity index (χ1v) is 7.93. The van der Waals surface area contributed by atoms with E-state index in [2.05, 4.69) is 63.4 Å². The first kappa shape index (κ1) is 12.7. The highest BCUT2D eigenvalue weighted by molar-refractivity contribution is 8.13. The third-order valence-corrected chi connectivity index (χ3v) is 4.97. The first-order valence-electron chi connectivity index (χ1n) is 6.70. The van der Waals surface area contributed by atoms with Crippen LogP contribution in [0.5, 0.6) is 0 Å². The Morgan fingerprint density at radius 3 is 2.58 bits per heavy atom. The van der Waals surface area contributed by atoms with Crippen LogP contribution in [-0.4, -0.2) is 16.8 Å². The lowest BCUT2D eigenvalue weighted by Crippen LogP contribution is -2.31. The fourth-order valence-electron chi connectivity index (χ4n) is 2.83. The maximum Gasteiger partial charge on any atom is 0.0990 e. The van der Waals surface area contributed by atoms with Crippen molar-refractivity contribution in [3.63, 3.8) is 0 Å². The molecule has 1 nitrogen and oxygen atoms in total. The predicted octanol–water partition coefficient (Wildman–Crippen LogP) is 4.85. The van der Waals surface area contributed by atoms with Crippen LogP contribution in [0.3, 0.4) is 0 Å². The van der Waals surface area contributed by atoms with Gasteiger partial charge in [-0.3, -0.25) is 4.99 Å². The summed E-state index contributed by atoms with van der Waals surface area (Å²) in [6.07, 6.45) is 2.12. The second-order valence-corrected chi connectivity index (χ2v) is 6.54. The van der Waals surface area contributed by atoms with E-state index in [0.29, 0.717) is 5.92 Å². The summed E-state index contributed by atoms with van der Waals surface area (Å²) in [5, 5.41) is 3.81. The number of hydrogen-bond donors (Lipinski definition) is 0. The highest BCUT2D eigenvalue weighted by atomic mass is 32.2. The molecule has 2 heteroatoms. The van der Waals surface area contributed by atoms with Crippen molar-refractivity contribution in [2.45, 2.75) is 32.2 Å². The number of thioether (sulfide) groups is 1. The van der Waals surface area contributed by atoms with Gasteiger partial charge in [0.1, 0.15) is 0 Å². The van der Waals surface area contributed by atoms with Gasteiger partial charge in [-0.15, -0.1) is 11.8 Å². The number of hydrogen-bond acceptors (Lipinski definition) is 2. The molecule has 19 heavy (non-hydrogen) atoms. The fourth-order valence-corrected chi connectivity index (χ4v) is 3.59. The Kier molecular flexibility index (Phi) is 2.94.